The lowest BCUT2D eigenvalue weighted by molar-refractivity contribution is -0.145. The predicted octanol–water partition coefficient (Wildman–Crippen LogP) is 3.22. The Labute approximate surface area is 96.3 Å². The number of hydrogen-bond acceptors (Lipinski definition) is 1. The molecule has 16 heavy (non-hydrogen) atoms. The summed E-state index contributed by atoms with van der Waals surface area (Å²) < 4.78 is 0. The Morgan fingerprint density at radius 1 is 1.31 bits per heavy atom. The van der Waals surface area contributed by atoms with Gasteiger partial charge in [-0.05, 0) is 36.3 Å². The lowest BCUT2D eigenvalue weighted by Crippen LogP contribution is -2.30. The second kappa shape index (κ2) is 4.69. The smallest absolute Gasteiger partial charge is 0.307 e. The predicted molar refractivity (Wildman–Crippen MR) is 63.5 cm³/mol. The highest BCUT2D eigenvalue weighted by molar-refractivity contribution is 5.72. The van der Waals surface area contributed by atoms with Crippen molar-refractivity contribution in [2.75, 3.05) is 0 Å². The van der Waals surface area contributed by atoms with E-state index in [9.17, 15) is 4.79 Å². The maximum Gasteiger partial charge on any atom is 0.307 e. The highest BCUT2D eigenvalue weighted by atomic mass is 16.4. The van der Waals surface area contributed by atoms with E-state index in [-0.39, 0.29) is 11.8 Å². The third-order valence-electron chi connectivity index (χ3n) is 3.54. The van der Waals surface area contributed by atoms with Crippen molar-refractivity contribution in [1.29, 1.82) is 0 Å². The fraction of sp³-hybridized carbons (Fsp3) is 0.500. The van der Waals surface area contributed by atoms with Crippen molar-refractivity contribution in [2.24, 2.45) is 5.92 Å². The van der Waals surface area contributed by atoms with Crippen molar-refractivity contribution in [3.63, 3.8) is 0 Å². The van der Waals surface area contributed by atoms with Gasteiger partial charge in [0.15, 0.2) is 0 Å². The highest BCUT2D eigenvalue weighted by Gasteiger charge is 2.37. The Morgan fingerprint density at radius 3 is 2.44 bits per heavy atom. The summed E-state index contributed by atoms with van der Waals surface area (Å²) in [5, 5.41) is 9.00. The zero-order chi connectivity index (χ0) is 11.5. The number of carbonyl (C=O) groups is 1. The quantitative estimate of drug-likeness (QED) is 0.842. The van der Waals surface area contributed by atoms with Crippen LogP contribution in [0.2, 0.25) is 0 Å². The topological polar surface area (TPSA) is 37.3 Å². The van der Waals surface area contributed by atoms with Gasteiger partial charge in [-0.3, -0.25) is 4.79 Å². The summed E-state index contributed by atoms with van der Waals surface area (Å²) in [5.41, 5.74) is 2.54. The van der Waals surface area contributed by atoms with Gasteiger partial charge in [0.2, 0.25) is 0 Å². The maximum atomic E-state index is 10.9. The minimum atomic E-state index is -0.645. The maximum absolute atomic E-state index is 10.9. The average Bonchev–Trinajstić information content (AvgIpc) is 2.18. The zero-order valence-corrected chi connectivity index (χ0v) is 9.65. The summed E-state index contributed by atoms with van der Waals surface area (Å²) >= 11 is 0. The summed E-state index contributed by atoms with van der Waals surface area (Å²) in [6.07, 6.45) is 4.11. The molecule has 0 saturated heterocycles. The van der Waals surface area contributed by atoms with Crippen LogP contribution in [-0.2, 0) is 11.2 Å². The summed E-state index contributed by atoms with van der Waals surface area (Å²) in [7, 11) is 0. The van der Waals surface area contributed by atoms with Gasteiger partial charge in [-0.2, -0.15) is 0 Å². The van der Waals surface area contributed by atoms with Gasteiger partial charge in [0.1, 0.15) is 0 Å². The van der Waals surface area contributed by atoms with E-state index < -0.39 is 5.97 Å². The Balaban J connectivity index is 2.07. The third kappa shape index (κ3) is 2.11. The lowest BCUT2D eigenvalue weighted by Gasteiger charge is -2.33. The molecule has 2 unspecified atom stereocenters. The summed E-state index contributed by atoms with van der Waals surface area (Å²) in [4.78, 5) is 10.9. The van der Waals surface area contributed by atoms with Gasteiger partial charge in [-0.15, -0.1) is 0 Å². The van der Waals surface area contributed by atoms with E-state index in [1.807, 2.05) is 0 Å². The van der Waals surface area contributed by atoms with Gasteiger partial charge in [0.05, 0.1) is 5.92 Å². The molecule has 1 aromatic carbocycles. The Bertz CT molecular complexity index is 367. The molecule has 0 radical (unpaired) electrons. The van der Waals surface area contributed by atoms with Crippen LogP contribution in [0.25, 0.3) is 0 Å². The van der Waals surface area contributed by atoms with Crippen LogP contribution in [0.5, 0.6) is 0 Å². The number of aryl methyl sites for hydroxylation is 1. The molecule has 0 bridgehead atoms. The van der Waals surface area contributed by atoms with E-state index in [2.05, 4.69) is 31.2 Å². The normalized spacial score (nSPS) is 23.8. The molecular formula is C14H18O2. The zero-order valence-electron chi connectivity index (χ0n) is 9.65. The molecule has 86 valence electrons. The SMILES string of the molecule is CCCc1ccc(C2CCC2C(=O)O)cc1. The van der Waals surface area contributed by atoms with Crippen molar-refractivity contribution < 1.29 is 9.90 Å². The van der Waals surface area contributed by atoms with Crippen molar-refractivity contribution in [3.05, 3.63) is 35.4 Å². The number of rotatable bonds is 4. The molecule has 0 heterocycles. The molecular weight excluding hydrogens is 200 g/mol. The molecule has 2 nitrogen and oxygen atoms in total. The van der Waals surface area contributed by atoms with E-state index in [0.717, 1.165) is 25.7 Å². The number of carboxylic acid groups (broad SMARTS) is 1. The number of benzene rings is 1. The first-order chi connectivity index (χ1) is 7.72. The fourth-order valence-electron chi connectivity index (χ4n) is 2.41. The van der Waals surface area contributed by atoms with E-state index in [4.69, 9.17) is 5.11 Å². The Kier molecular flexibility index (Phi) is 3.28. The second-order valence-corrected chi connectivity index (χ2v) is 4.62. The molecule has 1 saturated carbocycles. The molecule has 0 amide bonds. The number of hydrogen-bond donors (Lipinski definition) is 1. The Hall–Kier alpha value is -1.31. The van der Waals surface area contributed by atoms with E-state index >= 15 is 0 Å². The van der Waals surface area contributed by atoms with Crippen molar-refractivity contribution in [2.45, 2.75) is 38.5 Å². The summed E-state index contributed by atoms with van der Waals surface area (Å²) in [6, 6.07) is 8.47. The van der Waals surface area contributed by atoms with Gasteiger partial charge in [-0.1, -0.05) is 37.6 Å². The van der Waals surface area contributed by atoms with E-state index in [1.54, 1.807) is 0 Å². The van der Waals surface area contributed by atoms with E-state index in [1.165, 1.54) is 11.1 Å². The molecule has 0 aromatic heterocycles. The molecule has 0 aliphatic heterocycles. The summed E-state index contributed by atoms with van der Waals surface area (Å²) in [6.45, 7) is 2.17. The molecule has 1 fully saturated rings. The molecule has 2 heteroatoms. The highest BCUT2D eigenvalue weighted by Crippen LogP contribution is 2.42. The second-order valence-electron chi connectivity index (χ2n) is 4.62. The van der Waals surface area contributed by atoms with Crippen molar-refractivity contribution >= 4 is 5.97 Å². The third-order valence-corrected chi connectivity index (χ3v) is 3.54. The van der Waals surface area contributed by atoms with Gasteiger partial charge in [-0.25, -0.2) is 0 Å². The van der Waals surface area contributed by atoms with Gasteiger partial charge >= 0.3 is 5.97 Å². The fourth-order valence-corrected chi connectivity index (χ4v) is 2.41. The van der Waals surface area contributed by atoms with Crippen molar-refractivity contribution in [3.8, 4) is 0 Å². The minimum absolute atomic E-state index is 0.156. The first-order valence-electron chi connectivity index (χ1n) is 6.04. The van der Waals surface area contributed by atoms with Crippen molar-refractivity contribution in [1.82, 2.24) is 0 Å². The largest absolute Gasteiger partial charge is 0.481 e. The molecule has 0 spiro atoms. The molecule has 1 aliphatic rings. The minimum Gasteiger partial charge on any atom is -0.481 e. The van der Waals surface area contributed by atoms with Crippen LogP contribution in [0, 0.1) is 5.92 Å². The Morgan fingerprint density at radius 2 is 2.00 bits per heavy atom. The van der Waals surface area contributed by atoms with Crippen LogP contribution in [0.3, 0.4) is 0 Å². The van der Waals surface area contributed by atoms with Gasteiger partial charge < -0.3 is 5.11 Å². The first-order valence-corrected chi connectivity index (χ1v) is 6.04. The van der Waals surface area contributed by atoms with Crippen LogP contribution in [0.4, 0.5) is 0 Å². The monoisotopic (exact) mass is 218 g/mol. The summed E-state index contributed by atoms with van der Waals surface area (Å²) in [5.74, 6) is -0.556. The van der Waals surface area contributed by atoms with E-state index in [0.29, 0.717) is 0 Å². The van der Waals surface area contributed by atoms with Crippen LogP contribution in [-0.4, -0.2) is 11.1 Å². The first kappa shape index (κ1) is 11.2. The molecule has 1 N–H and O–H groups in total. The van der Waals surface area contributed by atoms with Crippen LogP contribution >= 0.6 is 0 Å². The number of carboxylic acids is 1. The van der Waals surface area contributed by atoms with Gasteiger partial charge in [0.25, 0.3) is 0 Å². The molecule has 1 aromatic rings. The molecule has 2 rings (SSSR count). The van der Waals surface area contributed by atoms with Crippen LogP contribution in [0.15, 0.2) is 24.3 Å². The lowest BCUT2D eigenvalue weighted by atomic mass is 9.70. The molecule has 1 aliphatic carbocycles. The van der Waals surface area contributed by atoms with Crippen LogP contribution in [0.1, 0.15) is 43.2 Å². The van der Waals surface area contributed by atoms with Gasteiger partial charge in [0, 0.05) is 0 Å². The number of aliphatic carboxylic acids is 1. The average molecular weight is 218 g/mol. The van der Waals surface area contributed by atoms with Crippen LogP contribution < -0.4 is 0 Å². The standard InChI is InChI=1S/C14H18O2/c1-2-3-10-4-6-11(7-5-10)12-8-9-13(12)14(15)16/h4-7,12-13H,2-3,8-9H2,1H3,(H,15,16). The molecule has 2 atom stereocenters.